The van der Waals surface area contributed by atoms with Crippen LogP contribution in [0.25, 0.3) is 0 Å². The van der Waals surface area contributed by atoms with Crippen LogP contribution in [0.3, 0.4) is 0 Å². The zero-order valence-electron chi connectivity index (χ0n) is 10.6. The largest absolute Gasteiger partial charge is 0.330 e. The smallest absolute Gasteiger partial charge is 0.150 e. The molecule has 1 aliphatic rings. The first kappa shape index (κ1) is 13.6. The monoisotopic (exact) mass is 267 g/mol. The third-order valence-corrected chi connectivity index (χ3v) is 5.43. The van der Waals surface area contributed by atoms with Crippen LogP contribution in [0.1, 0.15) is 36.3 Å². The van der Waals surface area contributed by atoms with Gasteiger partial charge in [-0.15, -0.1) is 0 Å². The molecule has 0 radical (unpaired) electrons. The summed E-state index contributed by atoms with van der Waals surface area (Å²) in [6.07, 6.45) is 3.72. The normalized spacial score (nSPS) is 19.5. The van der Waals surface area contributed by atoms with Gasteiger partial charge in [-0.2, -0.15) is 0 Å². The fraction of sp³-hybridized carbons (Fsp3) is 0.571. The van der Waals surface area contributed by atoms with E-state index in [0.29, 0.717) is 13.0 Å². The minimum absolute atomic E-state index is 0.178. The second kappa shape index (κ2) is 5.85. The van der Waals surface area contributed by atoms with Crippen LogP contribution in [0.2, 0.25) is 0 Å². The van der Waals surface area contributed by atoms with E-state index in [9.17, 15) is 8.42 Å². The van der Waals surface area contributed by atoms with E-state index in [4.69, 9.17) is 5.73 Å². The van der Waals surface area contributed by atoms with Gasteiger partial charge in [0.05, 0.1) is 11.5 Å². The van der Waals surface area contributed by atoms with Crippen molar-refractivity contribution in [2.45, 2.75) is 31.6 Å². The average Bonchev–Trinajstić information content (AvgIpc) is 2.37. The van der Waals surface area contributed by atoms with Crippen molar-refractivity contribution in [3.05, 3.63) is 35.4 Å². The molecule has 1 aliphatic carbocycles. The van der Waals surface area contributed by atoms with Gasteiger partial charge in [0.15, 0.2) is 9.84 Å². The van der Waals surface area contributed by atoms with E-state index in [2.05, 4.69) is 12.1 Å². The molecule has 0 spiro atoms. The van der Waals surface area contributed by atoms with Crippen LogP contribution < -0.4 is 5.73 Å². The molecule has 0 heterocycles. The highest BCUT2D eigenvalue weighted by Crippen LogP contribution is 2.32. The quantitative estimate of drug-likeness (QED) is 0.886. The Kier molecular flexibility index (Phi) is 4.40. The molecule has 18 heavy (non-hydrogen) atoms. The van der Waals surface area contributed by atoms with E-state index in [1.807, 2.05) is 12.1 Å². The number of sulfone groups is 1. The Bertz CT molecular complexity index is 496. The zero-order valence-corrected chi connectivity index (χ0v) is 11.5. The first-order chi connectivity index (χ1) is 8.62. The first-order valence-corrected chi connectivity index (χ1v) is 8.43. The predicted octanol–water partition coefficient (Wildman–Crippen LogP) is 1.87. The molecule has 0 bridgehead atoms. The number of aryl methyl sites for hydroxylation is 1. The molecule has 0 amide bonds. The van der Waals surface area contributed by atoms with Crippen molar-refractivity contribution in [2.24, 2.45) is 5.73 Å². The van der Waals surface area contributed by atoms with E-state index in [1.165, 1.54) is 11.1 Å². The Balaban J connectivity index is 2.12. The van der Waals surface area contributed by atoms with Crippen LogP contribution in [-0.4, -0.2) is 26.5 Å². The van der Waals surface area contributed by atoms with E-state index in [0.717, 1.165) is 19.3 Å². The summed E-state index contributed by atoms with van der Waals surface area (Å²) in [7, 11) is -2.97. The molecular formula is C14H21NO2S. The number of rotatable bonds is 5. The summed E-state index contributed by atoms with van der Waals surface area (Å²) >= 11 is 0. The summed E-state index contributed by atoms with van der Waals surface area (Å²) in [4.78, 5) is 0. The van der Waals surface area contributed by atoms with Gasteiger partial charge < -0.3 is 5.73 Å². The fourth-order valence-corrected chi connectivity index (χ4v) is 4.45. The van der Waals surface area contributed by atoms with Gasteiger partial charge in [-0.3, -0.25) is 0 Å². The first-order valence-electron chi connectivity index (χ1n) is 6.61. The van der Waals surface area contributed by atoms with Gasteiger partial charge in [-0.25, -0.2) is 8.42 Å². The van der Waals surface area contributed by atoms with Crippen LogP contribution in [-0.2, 0) is 16.3 Å². The van der Waals surface area contributed by atoms with E-state index < -0.39 is 9.84 Å². The fourth-order valence-electron chi connectivity index (χ4n) is 2.72. The standard InChI is InChI=1S/C14H21NO2S/c15-9-4-10-18(16,17)11-13-7-3-6-12-5-1-2-8-14(12)13/h1-2,5,8,13H,3-4,6-7,9-11,15H2. The van der Waals surface area contributed by atoms with Gasteiger partial charge in [0, 0.05) is 0 Å². The lowest BCUT2D eigenvalue weighted by Crippen LogP contribution is -2.22. The molecule has 0 fully saturated rings. The SMILES string of the molecule is NCCCS(=O)(=O)CC1CCCc2ccccc21. The summed E-state index contributed by atoms with van der Waals surface area (Å²) in [5, 5.41) is 0. The van der Waals surface area contributed by atoms with E-state index in [-0.39, 0.29) is 17.4 Å². The minimum Gasteiger partial charge on any atom is -0.330 e. The lowest BCUT2D eigenvalue weighted by atomic mass is 9.84. The van der Waals surface area contributed by atoms with Crippen molar-refractivity contribution >= 4 is 9.84 Å². The molecular weight excluding hydrogens is 246 g/mol. The number of hydrogen-bond acceptors (Lipinski definition) is 3. The lowest BCUT2D eigenvalue weighted by molar-refractivity contribution is 0.557. The minimum atomic E-state index is -2.97. The Morgan fingerprint density at radius 1 is 1.28 bits per heavy atom. The van der Waals surface area contributed by atoms with Crippen LogP contribution >= 0.6 is 0 Å². The average molecular weight is 267 g/mol. The van der Waals surface area contributed by atoms with Crippen molar-refractivity contribution in [3.63, 3.8) is 0 Å². The number of nitrogens with two attached hydrogens (primary N) is 1. The van der Waals surface area contributed by atoms with Gasteiger partial charge in [0.25, 0.3) is 0 Å². The summed E-state index contributed by atoms with van der Waals surface area (Å²) in [5.74, 6) is 0.685. The highest BCUT2D eigenvalue weighted by atomic mass is 32.2. The maximum atomic E-state index is 12.0. The maximum Gasteiger partial charge on any atom is 0.150 e. The van der Waals surface area contributed by atoms with Crippen LogP contribution in [0.4, 0.5) is 0 Å². The second-order valence-corrected chi connectivity index (χ2v) is 7.27. The summed E-state index contributed by atoms with van der Waals surface area (Å²) in [6.45, 7) is 0.445. The molecule has 0 saturated carbocycles. The van der Waals surface area contributed by atoms with Crippen LogP contribution in [0, 0.1) is 0 Å². The van der Waals surface area contributed by atoms with Crippen molar-refractivity contribution in [2.75, 3.05) is 18.1 Å². The molecule has 1 unspecified atom stereocenters. The van der Waals surface area contributed by atoms with Gasteiger partial charge >= 0.3 is 0 Å². The Morgan fingerprint density at radius 2 is 2.06 bits per heavy atom. The molecule has 2 N–H and O–H groups in total. The Morgan fingerprint density at radius 3 is 2.83 bits per heavy atom. The van der Waals surface area contributed by atoms with Crippen LogP contribution in [0.5, 0.6) is 0 Å². The molecule has 2 rings (SSSR count). The third-order valence-electron chi connectivity index (χ3n) is 3.61. The summed E-state index contributed by atoms with van der Waals surface area (Å²) in [5.41, 5.74) is 7.94. The van der Waals surface area contributed by atoms with E-state index in [1.54, 1.807) is 0 Å². The number of fused-ring (bicyclic) bond motifs is 1. The summed E-state index contributed by atoms with van der Waals surface area (Å²) in [6, 6.07) is 8.24. The molecule has 3 nitrogen and oxygen atoms in total. The molecule has 100 valence electrons. The molecule has 0 aromatic heterocycles. The van der Waals surface area contributed by atoms with Gasteiger partial charge in [-0.05, 0) is 49.3 Å². The number of benzene rings is 1. The summed E-state index contributed by atoms with van der Waals surface area (Å²) < 4.78 is 24.0. The Labute approximate surface area is 109 Å². The predicted molar refractivity (Wildman–Crippen MR) is 74.4 cm³/mol. The molecule has 1 aromatic rings. The van der Waals surface area contributed by atoms with Crippen LogP contribution in [0.15, 0.2) is 24.3 Å². The highest BCUT2D eigenvalue weighted by molar-refractivity contribution is 7.91. The molecule has 4 heteroatoms. The Hall–Kier alpha value is -0.870. The molecule has 0 saturated heterocycles. The van der Waals surface area contributed by atoms with Crippen molar-refractivity contribution in [1.82, 2.24) is 0 Å². The number of hydrogen-bond donors (Lipinski definition) is 1. The van der Waals surface area contributed by atoms with Crippen molar-refractivity contribution in [3.8, 4) is 0 Å². The molecule has 1 atom stereocenters. The second-order valence-electron chi connectivity index (χ2n) is 5.04. The zero-order chi connectivity index (χ0) is 13.0. The van der Waals surface area contributed by atoms with Crippen molar-refractivity contribution in [1.29, 1.82) is 0 Å². The highest BCUT2D eigenvalue weighted by Gasteiger charge is 2.24. The molecule has 1 aromatic carbocycles. The third kappa shape index (κ3) is 3.33. The topological polar surface area (TPSA) is 60.2 Å². The lowest BCUT2D eigenvalue weighted by Gasteiger charge is -2.25. The van der Waals surface area contributed by atoms with E-state index >= 15 is 0 Å². The van der Waals surface area contributed by atoms with Gasteiger partial charge in [0.2, 0.25) is 0 Å². The maximum absolute atomic E-state index is 12.0. The molecule has 0 aliphatic heterocycles. The van der Waals surface area contributed by atoms with Crippen molar-refractivity contribution < 1.29 is 8.42 Å². The van der Waals surface area contributed by atoms with Gasteiger partial charge in [0.1, 0.15) is 0 Å². The van der Waals surface area contributed by atoms with Gasteiger partial charge in [-0.1, -0.05) is 24.3 Å².